The topological polar surface area (TPSA) is 244 Å². The van der Waals surface area contributed by atoms with Gasteiger partial charge in [-0.1, -0.05) is 147 Å². The standard InChI is InChI=1S/C36H49FN6O3S.C35H47FN6O3S.C34H45ClN6O3S.2H2/c1-36(2,3)14-18-43-33(45)31(47-34(43)28-10-9-26(37)23-30(28)40-21-19-39(4)20-22-40)24-32(44)41-15-12-27(13-16-41)42-17-11-25-7-5-6-8-29(25)38-35(42)46;1-35(2,3)13-16-41-32(44)30(46-33(41)27-10-9-25(36)21-29(27)39-19-17-38(4)18-20-39)22-31(43)40-14-11-26(12-15-40)42-23-24-7-5-6-8-28(24)37-34(42)45;1-34(2,3)14-17-40-31(43)28(45-32(40)24-8-7-9-25(35)30(24)39-20-18-37(4)19-21-39)22-29(42)38-15-12-23(13-16-38)41-27-11-6-5-10-26(27)36-33(41)44;;/h5-10,23,27,31,34H,11-22,24H2,1-4H3,(H,38,46);5-10,21,26,30,33H,11-20,22-23H2,1-4H3,(H,37,45);5-11,23,28,32H,12-22H2,1-4H3,(H,36,44);2*1H. The number of H-pyrrole nitrogens is 1. The summed E-state index contributed by atoms with van der Waals surface area (Å²) >= 11 is 11.5. The zero-order valence-electron chi connectivity index (χ0n) is 82.5. The molecule has 0 radical (unpaired) electrons. The number of benzene rings is 6. The number of likely N-dealkylation sites (tertiary alicyclic amines) is 3. The minimum absolute atomic E-state index is 0. The van der Waals surface area contributed by atoms with Crippen LogP contribution in [0.4, 0.5) is 46.8 Å². The monoisotopic (exact) mass is 1970 g/mol. The van der Waals surface area contributed by atoms with Gasteiger partial charge >= 0.3 is 17.8 Å². The first-order chi connectivity index (χ1) is 65.9. The van der Waals surface area contributed by atoms with E-state index in [0.717, 1.165) is 172 Å². The van der Waals surface area contributed by atoms with Crippen LogP contribution in [0.15, 0.2) is 132 Å². The number of anilines is 5. The highest BCUT2D eigenvalue weighted by Crippen LogP contribution is 2.53. The number of likely N-dealkylation sites (N-methyl/N-ethyl adjacent to an activating group) is 3. The molecular formula is C105H145ClF2N18O9S3. The highest BCUT2D eigenvalue weighted by Gasteiger charge is 2.49. The molecule has 27 nitrogen and oxygen atoms in total. The van der Waals surface area contributed by atoms with E-state index in [2.05, 4.69) is 141 Å². The normalized spacial score (nSPS) is 22.8. The van der Waals surface area contributed by atoms with Crippen LogP contribution < -0.4 is 31.0 Å². The molecule has 6 aromatic carbocycles. The first-order valence-corrected chi connectivity index (χ1v) is 53.0. The second-order valence-electron chi connectivity index (χ2n) is 42.9. The fraction of sp³-hybridized carbons (Fsp3) is 0.571. The highest BCUT2D eigenvalue weighted by molar-refractivity contribution is 8.01. The lowest BCUT2D eigenvalue weighted by Gasteiger charge is -2.40. The number of rotatable bonds is 21. The maximum absolute atomic E-state index is 14.6. The molecule has 12 heterocycles. The van der Waals surface area contributed by atoms with Crippen molar-refractivity contribution in [3.8, 4) is 0 Å². The third-order valence-electron chi connectivity index (χ3n) is 29.4. The molecule has 11 aliphatic heterocycles. The number of thioether (sulfide) groups is 3. The molecule has 0 bridgehead atoms. The lowest BCUT2D eigenvalue weighted by atomic mass is 9.92. The predicted octanol–water partition coefficient (Wildman–Crippen LogP) is 16.7. The Bertz CT molecular complexity index is 5600. The third kappa shape index (κ3) is 24.2. The molecule has 10 amide bonds. The first-order valence-electron chi connectivity index (χ1n) is 49.8. The van der Waals surface area contributed by atoms with Crippen molar-refractivity contribution in [3.63, 3.8) is 0 Å². The lowest BCUT2D eigenvalue weighted by molar-refractivity contribution is -0.137. The van der Waals surface area contributed by atoms with Gasteiger partial charge in [-0.05, 0) is 167 Å². The van der Waals surface area contributed by atoms with E-state index in [1.54, 1.807) is 23.9 Å². The highest BCUT2D eigenvalue weighted by atomic mass is 35.5. The molecule has 138 heavy (non-hydrogen) atoms. The van der Waals surface area contributed by atoms with Crippen LogP contribution in [0.1, 0.15) is 192 Å². The molecule has 748 valence electrons. The van der Waals surface area contributed by atoms with Crippen LogP contribution in [0.25, 0.3) is 11.0 Å². The van der Waals surface area contributed by atoms with Crippen molar-refractivity contribution in [3.05, 3.63) is 182 Å². The molecule has 7 aromatic rings. The number of piperazine rings is 3. The summed E-state index contributed by atoms with van der Waals surface area (Å²) in [5.74, 6) is -0.587. The van der Waals surface area contributed by atoms with Crippen molar-refractivity contribution < 1.29 is 50.0 Å². The average molecular weight is 1970 g/mol. The maximum atomic E-state index is 14.6. The molecular weight excluding hydrogens is 1830 g/mol. The number of nitrogens with one attached hydrogen (secondary N) is 3. The van der Waals surface area contributed by atoms with Gasteiger partial charge in [-0.2, -0.15) is 0 Å². The molecule has 18 rings (SSSR count). The van der Waals surface area contributed by atoms with Gasteiger partial charge in [-0.25, -0.2) is 23.2 Å². The van der Waals surface area contributed by atoms with Crippen LogP contribution in [-0.2, 0) is 41.7 Å². The van der Waals surface area contributed by atoms with Crippen molar-refractivity contribution in [2.24, 2.45) is 16.2 Å². The van der Waals surface area contributed by atoms with Gasteiger partial charge in [0, 0.05) is 230 Å². The van der Waals surface area contributed by atoms with Gasteiger partial charge in [-0.15, -0.1) is 35.3 Å². The second kappa shape index (κ2) is 43.9. The van der Waals surface area contributed by atoms with Crippen molar-refractivity contribution in [2.45, 2.75) is 202 Å². The van der Waals surface area contributed by atoms with Crippen LogP contribution in [0.2, 0.25) is 5.02 Å². The minimum Gasteiger partial charge on any atom is -0.369 e. The van der Waals surface area contributed by atoms with Gasteiger partial charge in [0.15, 0.2) is 0 Å². The number of aromatic nitrogens is 2. The number of amides is 10. The Morgan fingerprint density at radius 3 is 1.23 bits per heavy atom. The molecule has 11 aliphatic rings. The Balaban J connectivity index is 0.000000166. The zero-order chi connectivity index (χ0) is 97.8. The summed E-state index contributed by atoms with van der Waals surface area (Å²) in [6.07, 6.45) is 8.01. The Morgan fingerprint density at radius 2 is 0.790 bits per heavy atom. The van der Waals surface area contributed by atoms with E-state index in [0.29, 0.717) is 116 Å². The lowest BCUT2D eigenvalue weighted by Crippen LogP contribution is -2.51. The molecule has 6 atom stereocenters. The van der Waals surface area contributed by atoms with Crippen molar-refractivity contribution in [1.82, 2.24) is 63.5 Å². The Labute approximate surface area is 833 Å². The number of nitrogens with zero attached hydrogens (tertiary/aromatic N) is 15. The van der Waals surface area contributed by atoms with Crippen LogP contribution >= 0.6 is 46.9 Å². The van der Waals surface area contributed by atoms with Crippen LogP contribution in [0.3, 0.4) is 0 Å². The van der Waals surface area contributed by atoms with Crippen LogP contribution in [0.5, 0.6) is 0 Å². The van der Waals surface area contributed by atoms with E-state index in [-0.39, 0.29) is 137 Å². The molecule has 0 saturated carbocycles. The number of halogens is 3. The van der Waals surface area contributed by atoms with Crippen molar-refractivity contribution in [2.75, 3.05) is 190 Å². The average Bonchev–Trinajstić information content (AvgIpc) is 1.61. The summed E-state index contributed by atoms with van der Waals surface area (Å²) in [5.41, 5.74) is 11.4. The molecule has 9 saturated heterocycles. The molecule has 1 aromatic heterocycles. The van der Waals surface area contributed by atoms with E-state index in [4.69, 9.17) is 11.6 Å². The number of imidazole rings is 1. The number of carbonyl (C=O) groups excluding carboxylic acids is 8. The Kier molecular flexibility index (Phi) is 32.2. The van der Waals surface area contributed by atoms with Crippen molar-refractivity contribution >= 4 is 134 Å². The number of carbonyl (C=O) groups is 8. The minimum atomic E-state index is -0.495. The fourth-order valence-electron chi connectivity index (χ4n) is 20.9. The van der Waals surface area contributed by atoms with Crippen molar-refractivity contribution in [1.29, 1.82) is 0 Å². The van der Waals surface area contributed by atoms with E-state index in [1.165, 1.54) is 35.7 Å². The first kappa shape index (κ1) is 101. The van der Waals surface area contributed by atoms with E-state index in [1.807, 2.05) is 135 Å². The molecule has 3 N–H and O–H groups in total. The van der Waals surface area contributed by atoms with Gasteiger partial charge in [-0.3, -0.25) is 33.3 Å². The number of fused-ring (bicyclic) bond motifs is 3. The number of aromatic amines is 1. The smallest absolute Gasteiger partial charge is 0.326 e. The predicted molar refractivity (Wildman–Crippen MR) is 555 cm³/mol. The number of urea groups is 2. The van der Waals surface area contributed by atoms with Crippen LogP contribution in [-0.4, -0.2) is 304 Å². The summed E-state index contributed by atoms with van der Waals surface area (Å²) in [5, 5.41) is 4.56. The quantitative estimate of drug-likeness (QED) is 0.0605. The summed E-state index contributed by atoms with van der Waals surface area (Å²) in [6, 6.07) is 39.4. The van der Waals surface area contributed by atoms with E-state index in [9.17, 15) is 51.9 Å². The summed E-state index contributed by atoms with van der Waals surface area (Å²) in [6.45, 7) is 36.4. The zero-order valence-corrected chi connectivity index (χ0v) is 85.7. The van der Waals surface area contributed by atoms with Gasteiger partial charge < -0.3 is 84.2 Å². The molecule has 0 aliphatic carbocycles. The fourth-order valence-corrected chi connectivity index (χ4v) is 25.7. The number of para-hydroxylation sites is 5. The molecule has 6 unspecified atom stereocenters. The molecule has 0 spiro atoms. The second-order valence-corrected chi connectivity index (χ2v) is 47.2. The number of piperidine rings is 3. The third-order valence-corrected chi connectivity index (χ3v) is 34.1. The number of hydrogen-bond donors (Lipinski definition) is 3. The summed E-state index contributed by atoms with van der Waals surface area (Å²) in [7, 11) is 6.33. The Hall–Kier alpha value is -9.57. The molecule has 33 heteroatoms. The van der Waals surface area contributed by atoms with Gasteiger partial charge in [0.1, 0.15) is 27.8 Å². The SMILES string of the molecule is CN1CCN(c2c(Cl)cccc2C2SC(CC(=O)N3CCC(n4c(=O)[nH]c5ccccc54)CC3)C(=O)N2CCC(C)(C)C)CC1.CN1CCN(c2cc(F)ccc2C2SC(CC(=O)N3CCC(N4CCc5ccccc5NC4=O)CC3)C(=O)N2CCC(C)(C)C)CC1.CN1CCN(c2cc(F)ccc2C2SC(CC(=O)N3CCC(N4Cc5ccccc5NC4=O)CC3)C(=O)N2CCC(C)(C)C)CC1.[HH].[HH]. The van der Waals surface area contributed by atoms with E-state index >= 15 is 0 Å². The number of hydrogen-bond acceptors (Lipinski definition) is 18. The largest absolute Gasteiger partial charge is 0.369 e. The van der Waals surface area contributed by atoms with Gasteiger partial charge in [0.05, 0.1) is 37.5 Å². The van der Waals surface area contributed by atoms with Crippen LogP contribution in [0, 0.1) is 27.9 Å². The molecule has 9 fully saturated rings. The Morgan fingerprint density at radius 1 is 0.413 bits per heavy atom. The van der Waals surface area contributed by atoms with E-state index < -0.39 is 15.7 Å². The summed E-state index contributed by atoms with van der Waals surface area (Å²) in [4.78, 5) is 154. The van der Waals surface area contributed by atoms with Gasteiger partial charge in [0.2, 0.25) is 35.4 Å². The maximum Gasteiger partial charge on any atom is 0.326 e. The summed E-state index contributed by atoms with van der Waals surface area (Å²) < 4.78 is 31.1. The van der Waals surface area contributed by atoms with Gasteiger partial charge in [0.25, 0.3) is 0 Å².